The van der Waals surface area contributed by atoms with Crippen molar-refractivity contribution in [2.45, 2.75) is 44.6 Å². The normalized spacial score (nSPS) is 24.8. The van der Waals surface area contributed by atoms with Gasteiger partial charge >= 0.3 is 0 Å². The second-order valence-electron chi connectivity index (χ2n) is 8.35. The molecule has 2 fully saturated rings. The molecule has 0 aromatic heterocycles. The van der Waals surface area contributed by atoms with Gasteiger partial charge in [0.2, 0.25) is 5.91 Å². The molecule has 7 heteroatoms. The fraction of sp³-hybridized carbons (Fsp3) is 0.417. The Bertz CT molecular complexity index is 991. The maximum Gasteiger partial charge on any atom is 0.231 e. The van der Waals surface area contributed by atoms with Crippen molar-refractivity contribution < 1.29 is 14.3 Å². The lowest BCUT2D eigenvalue weighted by Crippen LogP contribution is -2.67. The molecular weight excluding hydrogens is 392 g/mol. The summed E-state index contributed by atoms with van der Waals surface area (Å²) >= 11 is 0. The summed E-state index contributed by atoms with van der Waals surface area (Å²) in [6.45, 7) is 0.529. The molecule has 1 saturated carbocycles. The predicted octanol–water partition coefficient (Wildman–Crippen LogP) is 3.16. The van der Waals surface area contributed by atoms with E-state index in [0.29, 0.717) is 6.54 Å². The largest absolute Gasteiger partial charge is 0.497 e. The number of methoxy groups -OCH3 is 2. The first kappa shape index (κ1) is 19.7. The smallest absolute Gasteiger partial charge is 0.231 e. The summed E-state index contributed by atoms with van der Waals surface area (Å²) in [6, 6.07) is 16.0. The lowest BCUT2D eigenvalue weighted by atomic mass is 9.80. The number of carbonyl (C=O) groups is 1. The van der Waals surface area contributed by atoms with E-state index < -0.39 is 0 Å². The molecule has 162 valence electrons. The van der Waals surface area contributed by atoms with E-state index in [9.17, 15) is 4.79 Å². The first-order valence-electron chi connectivity index (χ1n) is 10.9. The molecule has 3 unspecified atom stereocenters. The Morgan fingerprint density at radius 1 is 1.03 bits per heavy atom. The maximum atomic E-state index is 13.5. The van der Waals surface area contributed by atoms with Gasteiger partial charge in [-0.15, -0.1) is 0 Å². The van der Waals surface area contributed by atoms with Crippen LogP contribution in [-0.2, 0) is 11.3 Å². The Hall–Kier alpha value is -3.22. The molecule has 3 atom stereocenters. The number of amidine groups is 1. The third kappa shape index (κ3) is 3.48. The number of ether oxygens (including phenoxy) is 2. The molecule has 1 aliphatic carbocycles. The Kier molecular flexibility index (Phi) is 5.18. The number of rotatable bonds is 5. The van der Waals surface area contributed by atoms with Crippen LogP contribution in [0, 0.1) is 5.92 Å². The standard InChI is InChI=1S/C24H28N4O3/c1-30-18-12-10-16(11-13-18)15-27-23(29)20-8-3-4-9-21(20)28-22(25-26-24(27)28)17-6-5-7-19(14-17)31-2/h5-7,10-14,20-21,24,26H,3-4,8-9,15H2,1-2H3. The van der Waals surface area contributed by atoms with Crippen molar-refractivity contribution in [2.24, 2.45) is 11.0 Å². The second-order valence-corrected chi connectivity index (χ2v) is 8.35. The fourth-order valence-corrected chi connectivity index (χ4v) is 5.05. The highest BCUT2D eigenvalue weighted by Crippen LogP contribution is 2.39. The van der Waals surface area contributed by atoms with E-state index in [2.05, 4.69) is 10.3 Å². The van der Waals surface area contributed by atoms with Crippen LogP contribution in [0.2, 0.25) is 0 Å². The number of hydrogen-bond acceptors (Lipinski definition) is 6. The SMILES string of the molecule is COc1ccc(CN2C(=O)C3CCCCC3N3C(c4cccc(OC)c4)=NNC23)cc1. The highest BCUT2D eigenvalue weighted by molar-refractivity contribution is 6.01. The van der Waals surface area contributed by atoms with Gasteiger partial charge in [0.25, 0.3) is 0 Å². The summed E-state index contributed by atoms with van der Waals surface area (Å²) in [4.78, 5) is 17.8. The van der Waals surface area contributed by atoms with Crippen molar-refractivity contribution in [1.29, 1.82) is 0 Å². The fourth-order valence-electron chi connectivity index (χ4n) is 5.05. The zero-order chi connectivity index (χ0) is 21.4. The zero-order valence-corrected chi connectivity index (χ0v) is 18.0. The number of nitrogens with zero attached hydrogens (tertiary/aromatic N) is 3. The molecule has 1 saturated heterocycles. The number of fused-ring (bicyclic) bond motifs is 3. The summed E-state index contributed by atoms with van der Waals surface area (Å²) in [5.74, 6) is 2.71. The Morgan fingerprint density at radius 3 is 2.58 bits per heavy atom. The minimum Gasteiger partial charge on any atom is -0.497 e. The summed E-state index contributed by atoms with van der Waals surface area (Å²) in [5.41, 5.74) is 5.32. The number of nitrogens with one attached hydrogen (secondary N) is 1. The molecule has 7 nitrogen and oxygen atoms in total. The molecule has 0 radical (unpaired) electrons. The van der Waals surface area contributed by atoms with Gasteiger partial charge in [-0.1, -0.05) is 37.1 Å². The van der Waals surface area contributed by atoms with Gasteiger partial charge in [0.1, 0.15) is 11.5 Å². The van der Waals surface area contributed by atoms with Crippen molar-refractivity contribution in [1.82, 2.24) is 15.2 Å². The molecule has 2 aromatic carbocycles. The monoisotopic (exact) mass is 420 g/mol. The van der Waals surface area contributed by atoms with Crippen molar-refractivity contribution in [3.63, 3.8) is 0 Å². The highest BCUT2D eigenvalue weighted by Gasteiger charge is 2.51. The van der Waals surface area contributed by atoms with Crippen LogP contribution in [0.5, 0.6) is 11.5 Å². The Balaban J connectivity index is 1.47. The Labute approximate surface area is 182 Å². The van der Waals surface area contributed by atoms with Gasteiger partial charge in [-0.25, -0.2) is 0 Å². The molecule has 2 aromatic rings. The van der Waals surface area contributed by atoms with Crippen molar-refractivity contribution >= 4 is 11.7 Å². The van der Waals surface area contributed by atoms with E-state index in [-0.39, 0.29) is 24.2 Å². The summed E-state index contributed by atoms with van der Waals surface area (Å²) < 4.78 is 10.7. The molecular formula is C24H28N4O3. The van der Waals surface area contributed by atoms with Gasteiger partial charge in [-0.2, -0.15) is 5.10 Å². The van der Waals surface area contributed by atoms with Crippen LogP contribution in [0.1, 0.15) is 36.8 Å². The third-order valence-corrected chi connectivity index (χ3v) is 6.62. The summed E-state index contributed by atoms with van der Waals surface area (Å²) in [5, 5.41) is 4.69. The van der Waals surface area contributed by atoms with Crippen LogP contribution in [-0.4, -0.2) is 48.1 Å². The van der Waals surface area contributed by atoms with Crippen LogP contribution >= 0.6 is 0 Å². The minimum absolute atomic E-state index is 0.000967. The van der Waals surface area contributed by atoms with E-state index >= 15 is 0 Å². The molecule has 0 spiro atoms. The number of hydrazone groups is 1. The summed E-state index contributed by atoms with van der Waals surface area (Å²) in [7, 11) is 3.33. The molecule has 2 heterocycles. The van der Waals surface area contributed by atoms with E-state index in [1.165, 1.54) is 0 Å². The van der Waals surface area contributed by atoms with Gasteiger partial charge < -0.3 is 14.4 Å². The number of amides is 1. The van der Waals surface area contributed by atoms with E-state index in [4.69, 9.17) is 14.6 Å². The zero-order valence-electron chi connectivity index (χ0n) is 18.0. The van der Waals surface area contributed by atoms with Gasteiger partial charge in [0, 0.05) is 18.2 Å². The molecule has 31 heavy (non-hydrogen) atoms. The van der Waals surface area contributed by atoms with Crippen molar-refractivity contribution in [3.05, 3.63) is 59.7 Å². The van der Waals surface area contributed by atoms with Gasteiger partial charge in [0.05, 0.1) is 20.1 Å². The Morgan fingerprint density at radius 2 is 1.81 bits per heavy atom. The second kappa shape index (κ2) is 8.13. The van der Waals surface area contributed by atoms with Gasteiger partial charge in [0.15, 0.2) is 12.1 Å². The topological polar surface area (TPSA) is 66.4 Å². The number of benzene rings is 2. The van der Waals surface area contributed by atoms with Crippen LogP contribution in [0.25, 0.3) is 0 Å². The van der Waals surface area contributed by atoms with Crippen molar-refractivity contribution in [3.8, 4) is 11.5 Å². The molecule has 2 aliphatic heterocycles. The first-order valence-corrected chi connectivity index (χ1v) is 10.9. The lowest BCUT2D eigenvalue weighted by Gasteiger charge is -2.50. The van der Waals surface area contributed by atoms with E-state index in [1.807, 2.05) is 53.4 Å². The molecule has 5 rings (SSSR count). The number of carbonyl (C=O) groups excluding carboxylic acids is 1. The van der Waals surface area contributed by atoms with E-state index in [1.54, 1.807) is 14.2 Å². The van der Waals surface area contributed by atoms with Crippen LogP contribution in [0.4, 0.5) is 0 Å². The molecule has 3 aliphatic rings. The quantitative estimate of drug-likeness (QED) is 0.805. The molecule has 1 N–H and O–H groups in total. The van der Waals surface area contributed by atoms with Crippen LogP contribution < -0.4 is 14.9 Å². The predicted molar refractivity (Wildman–Crippen MR) is 118 cm³/mol. The lowest BCUT2D eigenvalue weighted by molar-refractivity contribution is -0.156. The van der Waals surface area contributed by atoms with Gasteiger partial charge in [-0.05, 0) is 42.7 Å². The average molecular weight is 421 g/mol. The third-order valence-electron chi connectivity index (χ3n) is 6.62. The highest BCUT2D eigenvalue weighted by atomic mass is 16.5. The molecule has 1 amide bonds. The summed E-state index contributed by atoms with van der Waals surface area (Å²) in [6.07, 6.45) is 3.89. The molecule has 0 bridgehead atoms. The maximum absolute atomic E-state index is 13.5. The number of hydrogen-bond donors (Lipinski definition) is 1. The van der Waals surface area contributed by atoms with E-state index in [0.717, 1.165) is 54.1 Å². The first-order chi connectivity index (χ1) is 15.2. The average Bonchev–Trinajstić information content (AvgIpc) is 3.27. The van der Waals surface area contributed by atoms with Crippen molar-refractivity contribution in [2.75, 3.05) is 14.2 Å². The van der Waals surface area contributed by atoms with Crippen LogP contribution in [0.3, 0.4) is 0 Å². The minimum atomic E-state index is -0.282. The van der Waals surface area contributed by atoms with Crippen LogP contribution in [0.15, 0.2) is 53.6 Å². The van der Waals surface area contributed by atoms with Gasteiger partial charge in [-0.3, -0.25) is 15.1 Å².